The van der Waals surface area contributed by atoms with E-state index in [1.807, 2.05) is 30.3 Å². The summed E-state index contributed by atoms with van der Waals surface area (Å²) in [6, 6.07) is 11.8. The number of halogens is 3. The SMILES string of the molecule is NC(Cc1ccccc1)C(=O)Nc1c(Cl)cc(Cl)cc1Cl. The molecular weight excluding hydrogens is 331 g/mol. The number of anilines is 1. The van der Waals surface area contributed by atoms with Crippen molar-refractivity contribution in [2.45, 2.75) is 12.5 Å². The molecule has 0 radical (unpaired) electrons. The number of nitrogens with one attached hydrogen (secondary N) is 1. The predicted molar refractivity (Wildman–Crippen MR) is 88.2 cm³/mol. The van der Waals surface area contributed by atoms with Crippen LogP contribution in [0, 0.1) is 0 Å². The van der Waals surface area contributed by atoms with Gasteiger partial charge in [-0.25, -0.2) is 0 Å². The van der Waals surface area contributed by atoms with Gasteiger partial charge in [-0.1, -0.05) is 65.1 Å². The Kier molecular flexibility index (Phi) is 5.48. The smallest absolute Gasteiger partial charge is 0.241 e. The van der Waals surface area contributed by atoms with E-state index in [1.165, 1.54) is 12.1 Å². The first-order chi connectivity index (χ1) is 9.97. The maximum atomic E-state index is 12.1. The van der Waals surface area contributed by atoms with Gasteiger partial charge in [-0.15, -0.1) is 0 Å². The number of benzene rings is 2. The van der Waals surface area contributed by atoms with E-state index in [9.17, 15) is 4.79 Å². The van der Waals surface area contributed by atoms with Crippen molar-refractivity contribution in [2.75, 3.05) is 5.32 Å². The van der Waals surface area contributed by atoms with Gasteiger partial charge in [0.1, 0.15) is 0 Å². The maximum absolute atomic E-state index is 12.1. The second-order valence-electron chi connectivity index (χ2n) is 4.53. The average molecular weight is 344 g/mol. The van der Waals surface area contributed by atoms with Gasteiger partial charge in [-0.05, 0) is 24.1 Å². The fourth-order valence-corrected chi connectivity index (χ4v) is 2.75. The lowest BCUT2D eigenvalue weighted by Gasteiger charge is -2.14. The van der Waals surface area contributed by atoms with Gasteiger partial charge in [0.2, 0.25) is 5.91 Å². The minimum Gasteiger partial charge on any atom is -0.322 e. The van der Waals surface area contributed by atoms with E-state index in [2.05, 4.69) is 5.32 Å². The Morgan fingerprint density at radius 1 is 1.10 bits per heavy atom. The van der Waals surface area contributed by atoms with Crippen LogP contribution in [0.1, 0.15) is 5.56 Å². The van der Waals surface area contributed by atoms with Crippen molar-refractivity contribution in [3.8, 4) is 0 Å². The fourth-order valence-electron chi connectivity index (χ4n) is 1.84. The molecule has 1 amide bonds. The summed E-state index contributed by atoms with van der Waals surface area (Å²) in [6.45, 7) is 0. The van der Waals surface area contributed by atoms with Gasteiger partial charge < -0.3 is 11.1 Å². The lowest BCUT2D eigenvalue weighted by molar-refractivity contribution is -0.117. The zero-order valence-corrected chi connectivity index (χ0v) is 13.2. The molecule has 0 fully saturated rings. The highest BCUT2D eigenvalue weighted by atomic mass is 35.5. The minimum absolute atomic E-state index is 0.271. The van der Waals surface area contributed by atoms with Gasteiger partial charge in [-0.2, -0.15) is 0 Å². The zero-order chi connectivity index (χ0) is 15.4. The van der Waals surface area contributed by atoms with Crippen LogP contribution in [-0.2, 0) is 11.2 Å². The van der Waals surface area contributed by atoms with Crippen molar-refractivity contribution in [1.29, 1.82) is 0 Å². The Morgan fingerprint density at radius 3 is 2.24 bits per heavy atom. The van der Waals surface area contributed by atoms with Gasteiger partial charge in [0.25, 0.3) is 0 Å². The van der Waals surface area contributed by atoms with Crippen molar-refractivity contribution in [3.05, 3.63) is 63.1 Å². The quantitative estimate of drug-likeness (QED) is 0.876. The molecule has 0 aliphatic carbocycles. The molecule has 6 heteroatoms. The van der Waals surface area contributed by atoms with Gasteiger partial charge in [0, 0.05) is 5.02 Å². The molecular formula is C15H13Cl3N2O. The van der Waals surface area contributed by atoms with E-state index in [4.69, 9.17) is 40.5 Å². The van der Waals surface area contributed by atoms with Crippen LogP contribution in [0.2, 0.25) is 15.1 Å². The molecule has 2 aromatic rings. The number of nitrogens with two attached hydrogens (primary N) is 1. The molecule has 0 bridgehead atoms. The van der Waals surface area contributed by atoms with Gasteiger partial charge >= 0.3 is 0 Å². The van der Waals surface area contributed by atoms with Crippen LogP contribution < -0.4 is 11.1 Å². The van der Waals surface area contributed by atoms with Gasteiger partial charge in [-0.3, -0.25) is 4.79 Å². The highest BCUT2D eigenvalue weighted by Gasteiger charge is 2.17. The molecule has 0 saturated heterocycles. The Labute approximate surface area is 138 Å². The van der Waals surface area contributed by atoms with Crippen LogP contribution in [0.5, 0.6) is 0 Å². The van der Waals surface area contributed by atoms with E-state index in [1.54, 1.807) is 0 Å². The molecule has 0 aliphatic rings. The lowest BCUT2D eigenvalue weighted by atomic mass is 10.1. The van der Waals surface area contributed by atoms with Crippen molar-refractivity contribution < 1.29 is 4.79 Å². The first kappa shape index (κ1) is 16.1. The molecule has 0 spiro atoms. The van der Waals surface area contributed by atoms with E-state index in [0.717, 1.165) is 5.56 Å². The second kappa shape index (κ2) is 7.14. The number of carbonyl (C=O) groups is 1. The van der Waals surface area contributed by atoms with E-state index in [-0.39, 0.29) is 16.0 Å². The topological polar surface area (TPSA) is 55.1 Å². The summed E-state index contributed by atoms with van der Waals surface area (Å²) in [6.07, 6.45) is 0.426. The molecule has 0 aliphatic heterocycles. The molecule has 2 aromatic carbocycles. The number of carbonyl (C=O) groups excluding carboxylic acids is 1. The molecule has 0 heterocycles. The molecule has 1 atom stereocenters. The maximum Gasteiger partial charge on any atom is 0.241 e. The number of amides is 1. The van der Waals surface area contributed by atoms with E-state index >= 15 is 0 Å². The number of rotatable bonds is 4. The number of hydrogen-bond acceptors (Lipinski definition) is 2. The molecule has 0 aromatic heterocycles. The first-order valence-corrected chi connectivity index (χ1v) is 7.35. The number of hydrogen-bond donors (Lipinski definition) is 2. The fraction of sp³-hybridized carbons (Fsp3) is 0.133. The summed E-state index contributed by atoms with van der Waals surface area (Å²) in [5, 5.41) is 3.58. The monoisotopic (exact) mass is 342 g/mol. The van der Waals surface area contributed by atoms with E-state index in [0.29, 0.717) is 17.1 Å². The normalized spacial score (nSPS) is 12.0. The van der Waals surface area contributed by atoms with Crippen LogP contribution in [0.3, 0.4) is 0 Å². The van der Waals surface area contributed by atoms with Crippen LogP contribution in [0.15, 0.2) is 42.5 Å². The largest absolute Gasteiger partial charge is 0.322 e. The molecule has 110 valence electrons. The lowest BCUT2D eigenvalue weighted by Crippen LogP contribution is -2.37. The molecule has 2 rings (SSSR count). The summed E-state index contributed by atoms with van der Waals surface area (Å²) in [7, 11) is 0. The summed E-state index contributed by atoms with van der Waals surface area (Å²) < 4.78 is 0. The predicted octanol–water partition coefficient (Wildman–Crippen LogP) is 4.16. The summed E-state index contributed by atoms with van der Waals surface area (Å²) in [4.78, 5) is 12.1. The highest BCUT2D eigenvalue weighted by Crippen LogP contribution is 2.33. The van der Waals surface area contributed by atoms with Crippen LogP contribution >= 0.6 is 34.8 Å². The second-order valence-corrected chi connectivity index (χ2v) is 5.78. The molecule has 21 heavy (non-hydrogen) atoms. The Bertz CT molecular complexity index is 624. The van der Waals surface area contributed by atoms with Crippen LogP contribution in [-0.4, -0.2) is 11.9 Å². The molecule has 1 unspecified atom stereocenters. The molecule has 3 N–H and O–H groups in total. The van der Waals surface area contributed by atoms with Crippen molar-refractivity contribution in [2.24, 2.45) is 5.73 Å². The van der Waals surface area contributed by atoms with Crippen LogP contribution in [0.4, 0.5) is 5.69 Å². The third kappa shape index (κ3) is 4.35. The van der Waals surface area contributed by atoms with Crippen molar-refractivity contribution in [1.82, 2.24) is 0 Å². The third-order valence-electron chi connectivity index (χ3n) is 2.89. The molecule has 3 nitrogen and oxygen atoms in total. The Morgan fingerprint density at radius 2 is 1.67 bits per heavy atom. The summed E-state index contributed by atoms with van der Waals surface area (Å²) in [5.41, 5.74) is 7.20. The average Bonchev–Trinajstić information content (AvgIpc) is 2.43. The van der Waals surface area contributed by atoms with Gasteiger partial charge in [0.05, 0.1) is 21.8 Å². The highest BCUT2D eigenvalue weighted by molar-refractivity contribution is 6.42. The first-order valence-electron chi connectivity index (χ1n) is 6.22. The summed E-state index contributed by atoms with van der Waals surface area (Å²) >= 11 is 17.9. The standard InChI is InChI=1S/C15H13Cl3N2O/c16-10-7-11(17)14(12(18)8-10)20-15(21)13(19)6-9-4-2-1-3-5-9/h1-5,7-8,13H,6,19H2,(H,20,21). The van der Waals surface area contributed by atoms with E-state index < -0.39 is 6.04 Å². The zero-order valence-electron chi connectivity index (χ0n) is 10.9. The summed E-state index contributed by atoms with van der Waals surface area (Å²) in [5.74, 6) is -0.357. The third-order valence-corrected chi connectivity index (χ3v) is 3.70. The van der Waals surface area contributed by atoms with Crippen LogP contribution in [0.25, 0.3) is 0 Å². The minimum atomic E-state index is -0.699. The Balaban J connectivity index is 2.08. The van der Waals surface area contributed by atoms with Crippen molar-refractivity contribution in [3.63, 3.8) is 0 Å². The molecule has 0 saturated carbocycles. The Hall–Kier alpha value is -1.26. The van der Waals surface area contributed by atoms with Crippen molar-refractivity contribution >= 4 is 46.4 Å². The van der Waals surface area contributed by atoms with Gasteiger partial charge in [0.15, 0.2) is 0 Å².